The lowest BCUT2D eigenvalue weighted by Gasteiger charge is -2.01. The van der Waals surface area contributed by atoms with Gasteiger partial charge >= 0.3 is 0 Å². The summed E-state index contributed by atoms with van der Waals surface area (Å²) in [5.41, 5.74) is 0.923. The Kier molecular flexibility index (Phi) is 4.93. The highest BCUT2D eigenvalue weighted by atomic mass is 35.5. The summed E-state index contributed by atoms with van der Waals surface area (Å²) < 4.78 is 0. The first-order valence-electron chi connectivity index (χ1n) is 6.37. The summed E-state index contributed by atoms with van der Waals surface area (Å²) >= 11 is 19.4. The Morgan fingerprint density at radius 2 is 1.73 bits per heavy atom. The minimum absolute atomic E-state index is 0.547. The van der Waals surface area contributed by atoms with Gasteiger partial charge in [0.15, 0.2) is 5.82 Å². The van der Waals surface area contributed by atoms with Gasteiger partial charge in [-0.05, 0) is 42.5 Å². The molecule has 0 radical (unpaired) electrons. The third-order valence-corrected chi connectivity index (χ3v) is 4.90. The molecule has 0 fully saturated rings. The highest BCUT2D eigenvalue weighted by Gasteiger charge is 2.07. The third kappa shape index (κ3) is 3.76. The molecule has 0 spiro atoms. The zero-order chi connectivity index (χ0) is 15.5. The number of thioether (sulfide) groups is 1. The number of aromatic nitrogens is 3. The zero-order valence-corrected chi connectivity index (χ0v) is 14.3. The monoisotopic (exact) mass is 369 g/mol. The molecule has 0 aliphatic heterocycles. The van der Waals surface area contributed by atoms with Gasteiger partial charge in [-0.3, -0.25) is 5.10 Å². The summed E-state index contributed by atoms with van der Waals surface area (Å²) in [5.74, 6) is 2.11. The van der Waals surface area contributed by atoms with Crippen LogP contribution in [0.4, 0.5) is 0 Å². The highest BCUT2D eigenvalue weighted by Crippen LogP contribution is 2.29. The molecular weight excluding hydrogens is 361 g/mol. The van der Waals surface area contributed by atoms with E-state index in [9.17, 15) is 0 Å². The van der Waals surface area contributed by atoms with Gasteiger partial charge in [0.05, 0.1) is 15.8 Å². The van der Waals surface area contributed by atoms with E-state index in [0.29, 0.717) is 26.6 Å². The van der Waals surface area contributed by atoms with E-state index in [1.807, 2.05) is 36.4 Å². The van der Waals surface area contributed by atoms with Gasteiger partial charge in [-0.15, -0.1) is 11.8 Å². The SMILES string of the molecule is Clc1ccc(-c2n[nH]c(CSc3ccc(Cl)c(Cl)c3)n2)cc1. The number of rotatable bonds is 4. The predicted octanol–water partition coefficient (Wildman–Crippen LogP) is 5.72. The molecule has 7 heteroatoms. The van der Waals surface area contributed by atoms with Crippen molar-refractivity contribution in [1.29, 1.82) is 0 Å². The van der Waals surface area contributed by atoms with Gasteiger partial charge in [0.2, 0.25) is 0 Å². The molecule has 0 saturated heterocycles. The van der Waals surface area contributed by atoms with E-state index in [4.69, 9.17) is 34.8 Å². The van der Waals surface area contributed by atoms with Crippen molar-refractivity contribution in [2.24, 2.45) is 0 Å². The van der Waals surface area contributed by atoms with Gasteiger partial charge in [0.25, 0.3) is 0 Å². The topological polar surface area (TPSA) is 41.6 Å². The number of H-pyrrole nitrogens is 1. The van der Waals surface area contributed by atoms with Crippen molar-refractivity contribution in [2.75, 3.05) is 0 Å². The Bertz CT molecular complexity index is 787. The normalized spacial score (nSPS) is 10.9. The number of hydrogen-bond acceptors (Lipinski definition) is 3. The molecule has 0 unspecified atom stereocenters. The van der Waals surface area contributed by atoms with Gasteiger partial charge in [-0.2, -0.15) is 5.10 Å². The van der Waals surface area contributed by atoms with Crippen molar-refractivity contribution < 1.29 is 0 Å². The van der Waals surface area contributed by atoms with E-state index >= 15 is 0 Å². The van der Waals surface area contributed by atoms with Crippen LogP contribution in [0.1, 0.15) is 5.82 Å². The number of aromatic amines is 1. The third-order valence-electron chi connectivity index (χ3n) is 2.90. The molecule has 1 heterocycles. The van der Waals surface area contributed by atoms with Gasteiger partial charge < -0.3 is 0 Å². The number of hydrogen-bond donors (Lipinski definition) is 1. The fourth-order valence-electron chi connectivity index (χ4n) is 1.81. The minimum Gasteiger partial charge on any atom is -0.262 e. The van der Waals surface area contributed by atoms with Crippen molar-refractivity contribution in [3.05, 3.63) is 63.4 Å². The van der Waals surface area contributed by atoms with Gasteiger partial charge in [0.1, 0.15) is 5.82 Å². The molecule has 1 aromatic heterocycles. The molecule has 3 nitrogen and oxygen atoms in total. The fourth-order valence-corrected chi connectivity index (χ4v) is 3.09. The zero-order valence-electron chi connectivity index (χ0n) is 11.2. The lowest BCUT2D eigenvalue weighted by atomic mass is 10.2. The Morgan fingerprint density at radius 1 is 0.955 bits per heavy atom. The second-order valence-electron chi connectivity index (χ2n) is 4.48. The van der Waals surface area contributed by atoms with Crippen LogP contribution in [0, 0.1) is 0 Å². The molecular formula is C15H10Cl3N3S. The molecule has 0 saturated carbocycles. The molecule has 3 rings (SSSR count). The first-order chi connectivity index (χ1) is 10.6. The number of nitrogens with one attached hydrogen (secondary N) is 1. The van der Waals surface area contributed by atoms with Gasteiger partial charge in [0, 0.05) is 15.5 Å². The molecule has 0 aliphatic rings. The second-order valence-corrected chi connectivity index (χ2v) is 6.78. The minimum atomic E-state index is 0.547. The molecule has 0 atom stereocenters. The molecule has 0 amide bonds. The van der Waals surface area contributed by atoms with E-state index in [1.165, 1.54) is 0 Å². The average molecular weight is 371 g/mol. The van der Waals surface area contributed by atoms with Crippen LogP contribution in [0.2, 0.25) is 15.1 Å². The largest absolute Gasteiger partial charge is 0.262 e. The quantitative estimate of drug-likeness (QED) is 0.597. The summed E-state index contributed by atoms with van der Waals surface area (Å²) in [6, 6.07) is 13.0. The summed E-state index contributed by atoms with van der Waals surface area (Å²) in [5, 5.41) is 8.95. The Balaban J connectivity index is 1.69. The van der Waals surface area contributed by atoms with Crippen molar-refractivity contribution in [3.8, 4) is 11.4 Å². The Labute approximate surface area is 147 Å². The van der Waals surface area contributed by atoms with Crippen molar-refractivity contribution >= 4 is 46.6 Å². The van der Waals surface area contributed by atoms with Gasteiger partial charge in [-0.25, -0.2) is 4.98 Å². The smallest absolute Gasteiger partial charge is 0.181 e. The van der Waals surface area contributed by atoms with Crippen LogP contribution in [0.3, 0.4) is 0 Å². The standard InChI is InChI=1S/C15H10Cl3N3S/c16-10-3-1-9(2-4-10)15-19-14(20-21-15)8-22-11-5-6-12(17)13(18)7-11/h1-7H,8H2,(H,19,20,21). The summed E-state index contributed by atoms with van der Waals surface area (Å²) in [6.07, 6.45) is 0. The lowest BCUT2D eigenvalue weighted by molar-refractivity contribution is 1.03. The van der Waals surface area contributed by atoms with Crippen molar-refractivity contribution in [1.82, 2.24) is 15.2 Å². The second kappa shape index (κ2) is 6.92. The van der Waals surface area contributed by atoms with Crippen molar-refractivity contribution in [2.45, 2.75) is 10.6 Å². The molecule has 3 aromatic rings. The molecule has 112 valence electrons. The maximum absolute atomic E-state index is 6.00. The average Bonchev–Trinajstić information content (AvgIpc) is 2.98. The highest BCUT2D eigenvalue weighted by molar-refractivity contribution is 7.98. The van der Waals surface area contributed by atoms with E-state index < -0.39 is 0 Å². The van der Waals surface area contributed by atoms with Crippen LogP contribution in [-0.2, 0) is 5.75 Å². The molecule has 1 N–H and O–H groups in total. The first-order valence-corrected chi connectivity index (χ1v) is 8.49. The van der Waals surface area contributed by atoms with Crippen LogP contribution < -0.4 is 0 Å². The van der Waals surface area contributed by atoms with Crippen LogP contribution in [0.25, 0.3) is 11.4 Å². The van der Waals surface area contributed by atoms with E-state index in [-0.39, 0.29) is 0 Å². The van der Waals surface area contributed by atoms with Gasteiger partial charge in [-0.1, -0.05) is 34.8 Å². The maximum Gasteiger partial charge on any atom is 0.181 e. The summed E-state index contributed by atoms with van der Waals surface area (Å²) in [4.78, 5) is 5.50. The number of halogens is 3. The predicted molar refractivity (Wildman–Crippen MR) is 92.9 cm³/mol. The van der Waals surface area contributed by atoms with E-state index in [2.05, 4.69) is 15.2 Å². The van der Waals surface area contributed by atoms with Crippen molar-refractivity contribution in [3.63, 3.8) is 0 Å². The van der Waals surface area contributed by atoms with Crippen LogP contribution in [0.5, 0.6) is 0 Å². The number of benzene rings is 2. The lowest BCUT2D eigenvalue weighted by Crippen LogP contribution is -1.84. The van der Waals surface area contributed by atoms with Crippen LogP contribution >= 0.6 is 46.6 Å². The fraction of sp³-hybridized carbons (Fsp3) is 0.0667. The first kappa shape index (κ1) is 15.7. The summed E-state index contributed by atoms with van der Waals surface area (Å²) in [7, 11) is 0. The van der Waals surface area contributed by atoms with E-state index in [1.54, 1.807) is 17.8 Å². The van der Waals surface area contributed by atoms with Crippen LogP contribution in [0.15, 0.2) is 47.4 Å². The number of nitrogens with zero attached hydrogens (tertiary/aromatic N) is 2. The maximum atomic E-state index is 6.00. The Hall–Kier alpha value is -1.20. The van der Waals surface area contributed by atoms with Crippen LogP contribution in [-0.4, -0.2) is 15.2 Å². The molecule has 0 bridgehead atoms. The molecule has 22 heavy (non-hydrogen) atoms. The Morgan fingerprint density at radius 3 is 2.45 bits per heavy atom. The van der Waals surface area contributed by atoms with E-state index in [0.717, 1.165) is 16.3 Å². The molecule has 0 aliphatic carbocycles. The molecule has 2 aromatic carbocycles. The summed E-state index contributed by atoms with van der Waals surface area (Å²) in [6.45, 7) is 0.